The maximum Gasteiger partial charge on any atom is 0.220 e. The third kappa shape index (κ3) is 7.50. The van der Waals surface area contributed by atoms with Crippen molar-refractivity contribution in [2.45, 2.75) is 39.7 Å². The minimum Gasteiger partial charge on any atom is -0.387 e. The number of morpholine rings is 1. The lowest BCUT2D eigenvalue weighted by Gasteiger charge is -2.34. The molecule has 112 valence electrons. The fourth-order valence-corrected chi connectivity index (χ4v) is 2.13. The second-order valence-electron chi connectivity index (χ2n) is 6.90. The number of carbonyl (C=O) groups excluding carboxylic acids is 1. The van der Waals surface area contributed by atoms with Crippen LogP contribution in [-0.4, -0.2) is 60.9 Å². The highest BCUT2D eigenvalue weighted by Crippen LogP contribution is 2.18. The molecule has 2 N–H and O–H groups in total. The van der Waals surface area contributed by atoms with Gasteiger partial charge in [0.1, 0.15) is 0 Å². The van der Waals surface area contributed by atoms with Crippen molar-refractivity contribution in [3.63, 3.8) is 0 Å². The Balaban J connectivity index is 2.31. The van der Waals surface area contributed by atoms with E-state index in [2.05, 4.69) is 10.2 Å². The molecule has 5 nitrogen and oxygen atoms in total. The van der Waals surface area contributed by atoms with E-state index in [0.29, 0.717) is 32.7 Å². The molecule has 1 saturated heterocycles. The summed E-state index contributed by atoms with van der Waals surface area (Å²) >= 11 is 0. The Morgan fingerprint density at radius 3 is 2.37 bits per heavy atom. The maximum atomic E-state index is 11.7. The first-order valence-corrected chi connectivity index (χ1v) is 6.97. The van der Waals surface area contributed by atoms with Crippen LogP contribution in [-0.2, 0) is 9.53 Å². The Hall–Kier alpha value is -0.650. The van der Waals surface area contributed by atoms with Crippen LogP contribution in [0.5, 0.6) is 0 Å². The molecule has 0 aromatic carbocycles. The zero-order valence-corrected chi connectivity index (χ0v) is 12.7. The molecule has 0 radical (unpaired) electrons. The van der Waals surface area contributed by atoms with Crippen molar-refractivity contribution in [2.75, 3.05) is 39.4 Å². The number of amides is 1. The second kappa shape index (κ2) is 6.68. The molecule has 0 unspecified atom stereocenters. The molecule has 0 spiro atoms. The van der Waals surface area contributed by atoms with E-state index < -0.39 is 5.60 Å². The van der Waals surface area contributed by atoms with Crippen molar-refractivity contribution in [3.05, 3.63) is 0 Å². The van der Waals surface area contributed by atoms with Gasteiger partial charge >= 0.3 is 0 Å². The zero-order valence-electron chi connectivity index (χ0n) is 12.7. The van der Waals surface area contributed by atoms with Gasteiger partial charge in [-0.2, -0.15) is 0 Å². The van der Waals surface area contributed by atoms with Gasteiger partial charge in [-0.1, -0.05) is 20.8 Å². The lowest BCUT2D eigenvalue weighted by atomic mass is 9.92. The Morgan fingerprint density at radius 2 is 1.84 bits per heavy atom. The van der Waals surface area contributed by atoms with E-state index >= 15 is 0 Å². The SMILES string of the molecule is CC(C)(C)CC(=O)NC[C@](C)(O)CN1CCOCC1. The van der Waals surface area contributed by atoms with E-state index in [1.807, 2.05) is 20.8 Å². The molecule has 0 aliphatic carbocycles. The van der Waals surface area contributed by atoms with Crippen molar-refractivity contribution < 1.29 is 14.6 Å². The van der Waals surface area contributed by atoms with Gasteiger partial charge in [-0.25, -0.2) is 0 Å². The van der Waals surface area contributed by atoms with E-state index in [-0.39, 0.29) is 11.3 Å². The molecule has 1 aliphatic rings. The van der Waals surface area contributed by atoms with E-state index in [0.717, 1.165) is 13.1 Å². The van der Waals surface area contributed by atoms with Crippen LogP contribution in [0.3, 0.4) is 0 Å². The second-order valence-corrected chi connectivity index (χ2v) is 6.90. The monoisotopic (exact) mass is 272 g/mol. The van der Waals surface area contributed by atoms with Crippen molar-refractivity contribution >= 4 is 5.91 Å². The van der Waals surface area contributed by atoms with Crippen LogP contribution in [0.15, 0.2) is 0 Å². The molecule has 0 aromatic rings. The summed E-state index contributed by atoms with van der Waals surface area (Å²) < 4.78 is 5.27. The fraction of sp³-hybridized carbons (Fsp3) is 0.929. The van der Waals surface area contributed by atoms with Gasteiger partial charge in [-0.3, -0.25) is 9.69 Å². The standard InChI is InChI=1S/C14H28N2O3/c1-13(2,3)9-12(17)15-10-14(4,18)11-16-5-7-19-8-6-16/h18H,5-11H2,1-4H3,(H,15,17)/t14-/m0/s1. The largest absolute Gasteiger partial charge is 0.387 e. The Labute approximate surface area is 116 Å². The number of hydrogen-bond donors (Lipinski definition) is 2. The molecule has 1 atom stereocenters. The molecule has 1 aliphatic heterocycles. The molecule has 5 heteroatoms. The first-order chi connectivity index (χ1) is 8.68. The summed E-state index contributed by atoms with van der Waals surface area (Å²) in [5.41, 5.74) is -0.926. The summed E-state index contributed by atoms with van der Waals surface area (Å²) in [6.07, 6.45) is 0.473. The summed E-state index contributed by atoms with van der Waals surface area (Å²) in [5.74, 6) is -0.00486. The number of nitrogens with one attached hydrogen (secondary N) is 1. The lowest BCUT2D eigenvalue weighted by Crippen LogP contribution is -2.51. The highest BCUT2D eigenvalue weighted by atomic mass is 16.5. The number of ether oxygens (including phenoxy) is 1. The summed E-state index contributed by atoms with van der Waals surface area (Å²) in [4.78, 5) is 13.9. The van der Waals surface area contributed by atoms with Crippen LogP contribution < -0.4 is 5.32 Å². The van der Waals surface area contributed by atoms with Crippen molar-refractivity contribution in [3.8, 4) is 0 Å². The van der Waals surface area contributed by atoms with Crippen LogP contribution in [0.2, 0.25) is 0 Å². The molecule has 1 rings (SSSR count). The number of aliphatic hydroxyl groups is 1. The number of β-amino-alcohol motifs (C(OH)–C–C–N with tert-alkyl or cyclic N) is 1. The van der Waals surface area contributed by atoms with Gasteiger partial charge < -0.3 is 15.2 Å². The lowest BCUT2D eigenvalue weighted by molar-refractivity contribution is -0.124. The van der Waals surface area contributed by atoms with Crippen LogP contribution in [0.4, 0.5) is 0 Å². The molecule has 0 aromatic heterocycles. The average Bonchev–Trinajstić information content (AvgIpc) is 2.25. The molecule has 19 heavy (non-hydrogen) atoms. The third-order valence-corrected chi connectivity index (χ3v) is 3.03. The Bertz CT molecular complexity index is 292. The minimum absolute atomic E-state index is 0.00486. The predicted molar refractivity (Wildman–Crippen MR) is 75.0 cm³/mol. The maximum absolute atomic E-state index is 11.7. The number of hydrogen-bond acceptors (Lipinski definition) is 4. The first kappa shape index (κ1) is 16.4. The van der Waals surface area contributed by atoms with Crippen LogP contribution in [0, 0.1) is 5.41 Å². The molecule has 1 heterocycles. The van der Waals surface area contributed by atoms with Gasteiger partial charge in [0.15, 0.2) is 0 Å². The average molecular weight is 272 g/mol. The Kier molecular flexibility index (Phi) is 5.77. The zero-order chi connectivity index (χ0) is 14.5. The molecule has 0 saturated carbocycles. The van der Waals surface area contributed by atoms with Gasteiger partial charge in [0.05, 0.1) is 18.8 Å². The highest BCUT2D eigenvalue weighted by Gasteiger charge is 2.26. The minimum atomic E-state index is -0.898. The summed E-state index contributed by atoms with van der Waals surface area (Å²) in [7, 11) is 0. The summed E-state index contributed by atoms with van der Waals surface area (Å²) in [6, 6.07) is 0. The van der Waals surface area contributed by atoms with E-state index in [1.165, 1.54) is 0 Å². The summed E-state index contributed by atoms with van der Waals surface area (Å²) in [5, 5.41) is 13.1. The number of rotatable bonds is 5. The van der Waals surface area contributed by atoms with Gasteiger partial charge in [-0.05, 0) is 12.3 Å². The van der Waals surface area contributed by atoms with Crippen molar-refractivity contribution in [1.82, 2.24) is 10.2 Å². The smallest absolute Gasteiger partial charge is 0.220 e. The first-order valence-electron chi connectivity index (χ1n) is 6.97. The number of carbonyl (C=O) groups is 1. The topological polar surface area (TPSA) is 61.8 Å². The van der Waals surface area contributed by atoms with Gasteiger partial charge in [0.2, 0.25) is 5.91 Å². The molecule has 1 amide bonds. The number of nitrogens with zero attached hydrogens (tertiary/aromatic N) is 1. The molecule has 1 fully saturated rings. The van der Waals surface area contributed by atoms with E-state index in [4.69, 9.17) is 4.74 Å². The van der Waals surface area contributed by atoms with E-state index in [1.54, 1.807) is 6.92 Å². The van der Waals surface area contributed by atoms with E-state index in [9.17, 15) is 9.90 Å². The molecular weight excluding hydrogens is 244 g/mol. The normalized spacial score (nSPS) is 20.9. The highest BCUT2D eigenvalue weighted by molar-refractivity contribution is 5.76. The molecular formula is C14H28N2O3. The van der Waals surface area contributed by atoms with Gasteiger partial charge in [0.25, 0.3) is 0 Å². The quantitative estimate of drug-likeness (QED) is 0.770. The van der Waals surface area contributed by atoms with Crippen molar-refractivity contribution in [1.29, 1.82) is 0 Å². The van der Waals surface area contributed by atoms with Crippen molar-refractivity contribution in [2.24, 2.45) is 5.41 Å². The van der Waals surface area contributed by atoms with Crippen LogP contribution >= 0.6 is 0 Å². The van der Waals surface area contributed by atoms with Crippen LogP contribution in [0.25, 0.3) is 0 Å². The Morgan fingerprint density at radius 1 is 1.26 bits per heavy atom. The van der Waals surface area contributed by atoms with Gasteiger partial charge in [0, 0.05) is 32.6 Å². The summed E-state index contributed by atoms with van der Waals surface area (Å²) in [6.45, 7) is 11.8. The van der Waals surface area contributed by atoms with Gasteiger partial charge in [-0.15, -0.1) is 0 Å². The third-order valence-electron chi connectivity index (χ3n) is 3.03. The van der Waals surface area contributed by atoms with Crippen LogP contribution in [0.1, 0.15) is 34.1 Å². The molecule has 0 bridgehead atoms. The fourth-order valence-electron chi connectivity index (χ4n) is 2.13. The predicted octanol–water partition coefficient (Wildman–Crippen LogP) is 0.622.